The van der Waals surface area contributed by atoms with Gasteiger partial charge in [0.25, 0.3) is 5.91 Å². The van der Waals surface area contributed by atoms with Crippen LogP contribution in [0.15, 0.2) is 84.9 Å². The molecule has 16 nitrogen and oxygen atoms in total. The molecule has 0 bridgehead atoms. The Balaban J connectivity index is 0.708. The Morgan fingerprint density at radius 2 is 1.74 bits per heavy atom. The Morgan fingerprint density at radius 1 is 0.931 bits per heavy atom. The minimum absolute atomic E-state index is 0.0390. The van der Waals surface area contributed by atoms with Gasteiger partial charge in [0.05, 0.1) is 40.2 Å². The molecule has 4 aromatic carbocycles. The molecule has 2 fully saturated rings. The third-order valence-corrected chi connectivity index (χ3v) is 15.1. The zero-order valence-corrected chi connectivity index (χ0v) is 41.0. The standard InChI is InChI=1S/C54H54FN9O7S/c1-30-27-34(71-31(2)11-12-32-21-24-63(25-22-32)29-46(66)56-42-18-15-38-48(61-62(3)50(38)47(42)55)39-17-20-45(65)59-52(39)68)13-14-35(30)36-16-19-44(58-49(36)53(69)70)64-26-23-33-7-6-8-37(40(33)28-64)51(67)60-54-57-41-9-4-5-10-43(41)72-54/h4-10,13-16,18-19,27,31-32,39H,11-12,17,20-26,28-29H2,1-3H3,(H,56,66)(H,69,70)(H,57,60,67)(H,59,65,68)/t31-,39?/m1/s1. The number of hydrogen-bond acceptors (Lipinski definition) is 12. The van der Waals surface area contributed by atoms with E-state index in [1.165, 1.54) is 22.1 Å². The third-order valence-electron chi connectivity index (χ3n) is 14.1. The van der Waals surface area contributed by atoms with Crippen LogP contribution < -0.4 is 25.6 Å². The van der Waals surface area contributed by atoms with Crippen molar-refractivity contribution in [1.82, 2.24) is 30.0 Å². The van der Waals surface area contributed by atoms with Gasteiger partial charge in [0.2, 0.25) is 17.7 Å². The molecule has 3 aliphatic heterocycles. The number of hydrogen-bond donors (Lipinski definition) is 4. The van der Waals surface area contributed by atoms with Crippen LogP contribution in [0, 0.1) is 18.7 Å². The highest BCUT2D eigenvalue weighted by molar-refractivity contribution is 7.22. The van der Waals surface area contributed by atoms with Crippen LogP contribution in [0.2, 0.25) is 0 Å². The van der Waals surface area contributed by atoms with Crippen molar-refractivity contribution in [1.29, 1.82) is 0 Å². The van der Waals surface area contributed by atoms with Crippen LogP contribution in [0.5, 0.6) is 5.75 Å². The quantitative estimate of drug-likeness (QED) is 0.0758. The Hall–Kier alpha value is -7.57. The molecule has 18 heteroatoms. The lowest BCUT2D eigenvalue weighted by molar-refractivity contribution is -0.134. The molecule has 2 atom stereocenters. The van der Waals surface area contributed by atoms with E-state index < -0.39 is 23.6 Å². The summed E-state index contributed by atoms with van der Waals surface area (Å²) in [6.07, 6.45) is 4.69. The lowest BCUT2D eigenvalue weighted by atomic mass is 9.91. The first-order chi connectivity index (χ1) is 34.8. The summed E-state index contributed by atoms with van der Waals surface area (Å²) in [7, 11) is 1.59. The van der Waals surface area contributed by atoms with Gasteiger partial charge >= 0.3 is 5.97 Å². The van der Waals surface area contributed by atoms with E-state index in [2.05, 4.69) is 35.9 Å². The van der Waals surface area contributed by atoms with Crippen molar-refractivity contribution in [3.8, 4) is 16.9 Å². The maximum atomic E-state index is 15.8. The number of aromatic nitrogens is 4. The van der Waals surface area contributed by atoms with E-state index in [0.29, 0.717) is 70.8 Å². The van der Waals surface area contributed by atoms with Crippen molar-refractivity contribution in [2.24, 2.45) is 13.0 Å². The molecule has 0 aliphatic carbocycles. The highest BCUT2D eigenvalue weighted by Gasteiger charge is 2.33. The summed E-state index contributed by atoms with van der Waals surface area (Å²) in [4.78, 5) is 77.1. The molecule has 370 valence electrons. The average molecular weight is 992 g/mol. The number of para-hydroxylation sites is 1. The molecule has 4 amide bonds. The SMILES string of the molecule is Cc1cc(O[C@H](C)CCC2CCN(CC(=O)Nc3ccc4c(C5CCC(=O)NC5=O)nn(C)c4c3F)CC2)ccc1-c1ccc(N2CCc3cccc(C(=O)Nc4nc5ccccc5s4)c3C2)nc1C(=O)O. The van der Waals surface area contributed by atoms with Crippen LogP contribution in [0.3, 0.4) is 0 Å². The number of anilines is 3. The van der Waals surface area contributed by atoms with Crippen LogP contribution in [0.25, 0.3) is 32.2 Å². The van der Waals surface area contributed by atoms with Gasteiger partial charge in [-0.3, -0.25) is 39.4 Å². The molecule has 4 N–H and O–H groups in total. The number of likely N-dealkylation sites (tertiary alicyclic amines) is 1. The van der Waals surface area contributed by atoms with Crippen molar-refractivity contribution in [2.45, 2.75) is 77.4 Å². The first kappa shape index (κ1) is 48.1. The van der Waals surface area contributed by atoms with E-state index in [4.69, 9.17) is 4.74 Å². The second-order valence-corrected chi connectivity index (χ2v) is 20.0. The number of carboxylic acids is 1. The highest BCUT2D eigenvalue weighted by Crippen LogP contribution is 2.36. The highest BCUT2D eigenvalue weighted by atomic mass is 32.1. The monoisotopic (exact) mass is 991 g/mol. The Labute approximate surface area is 418 Å². The number of piperidine rings is 2. The zero-order chi connectivity index (χ0) is 50.2. The summed E-state index contributed by atoms with van der Waals surface area (Å²) in [6.45, 7) is 6.57. The lowest BCUT2D eigenvalue weighted by Crippen LogP contribution is -2.39. The van der Waals surface area contributed by atoms with Crippen molar-refractivity contribution >= 4 is 78.7 Å². The fraction of sp³-hybridized carbons (Fsp3) is 0.333. The van der Waals surface area contributed by atoms with E-state index in [1.54, 1.807) is 13.1 Å². The number of amides is 4. The molecule has 3 aromatic heterocycles. The van der Waals surface area contributed by atoms with Crippen LogP contribution in [-0.2, 0) is 34.4 Å². The van der Waals surface area contributed by atoms with Gasteiger partial charge in [-0.15, -0.1) is 0 Å². The Kier molecular flexibility index (Phi) is 13.5. The van der Waals surface area contributed by atoms with Crippen LogP contribution in [0.1, 0.15) is 94.6 Å². The smallest absolute Gasteiger partial charge is 0.355 e. The van der Waals surface area contributed by atoms with E-state index >= 15 is 4.39 Å². The number of rotatable bonds is 14. The number of pyridine rings is 1. The molecule has 2 saturated heterocycles. The van der Waals surface area contributed by atoms with Gasteiger partial charge in [0.1, 0.15) is 17.1 Å². The number of thiazole rings is 1. The van der Waals surface area contributed by atoms with Crippen LogP contribution in [-0.4, -0.2) is 91.6 Å². The molecular formula is C54H54FN9O7S. The number of nitrogens with one attached hydrogen (secondary N) is 3. The van der Waals surface area contributed by atoms with Gasteiger partial charge < -0.3 is 20.1 Å². The number of aromatic carboxylic acids is 1. The Morgan fingerprint density at radius 3 is 2.51 bits per heavy atom. The summed E-state index contributed by atoms with van der Waals surface area (Å²) < 4.78 is 24.5. The Bertz CT molecular complexity index is 3260. The fourth-order valence-corrected chi connectivity index (χ4v) is 11.2. The van der Waals surface area contributed by atoms with Gasteiger partial charge in [-0.2, -0.15) is 5.10 Å². The number of halogens is 1. The lowest BCUT2D eigenvalue weighted by Gasteiger charge is -2.32. The van der Waals surface area contributed by atoms with Crippen molar-refractivity contribution in [3.63, 3.8) is 0 Å². The minimum atomic E-state index is -1.14. The fourth-order valence-electron chi connectivity index (χ4n) is 10.3. The molecule has 1 unspecified atom stereocenters. The first-order valence-electron chi connectivity index (χ1n) is 24.3. The first-order valence-corrected chi connectivity index (χ1v) is 25.1. The number of ether oxygens (including phenoxy) is 1. The number of nitrogens with zero attached hydrogens (tertiary/aromatic N) is 6. The predicted molar refractivity (Wildman–Crippen MR) is 273 cm³/mol. The van der Waals surface area contributed by atoms with Gasteiger partial charge in [-0.1, -0.05) is 41.7 Å². The maximum Gasteiger partial charge on any atom is 0.355 e. The summed E-state index contributed by atoms with van der Waals surface area (Å²) in [6, 6.07) is 25.9. The normalized spacial score (nSPS) is 16.9. The number of aryl methyl sites for hydroxylation is 2. The molecule has 10 rings (SSSR count). The minimum Gasteiger partial charge on any atom is -0.491 e. The molecule has 7 aromatic rings. The van der Waals surface area contributed by atoms with E-state index in [0.717, 1.165) is 71.2 Å². The van der Waals surface area contributed by atoms with Crippen molar-refractivity contribution in [3.05, 3.63) is 124 Å². The summed E-state index contributed by atoms with van der Waals surface area (Å²) in [5.41, 5.74) is 5.96. The molecule has 6 heterocycles. The number of fused-ring (bicyclic) bond motifs is 3. The van der Waals surface area contributed by atoms with Gasteiger partial charge in [0.15, 0.2) is 16.6 Å². The van der Waals surface area contributed by atoms with E-state index in [1.807, 2.05) is 91.5 Å². The second-order valence-electron chi connectivity index (χ2n) is 19.0. The molecule has 0 radical (unpaired) electrons. The van der Waals surface area contributed by atoms with Crippen molar-refractivity contribution < 1.29 is 38.2 Å². The zero-order valence-electron chi connectivity index (χ0n) is 40.2. The van der Waals surface area contributed by atoms with Crippen molar-refractivity contribution in [2.75, 3.05) is 41.7 Å². The van der Waals surface area contributed by atoms with E-state index in [-0.39, 0.29) is 53.7 Å². The van der Waals surface area contributed by atoms with Crippen LogP contribution >= 0.6 is 11.3 Å². The molecular weight excluding hydrogens is 938 g/mol. The summed E-state index contributed by atoms with van der Waals surface area (Å²) >= 11 is 1.42. The third kappa shape index (κ3) is 10.0. The van der Waals surface area contributed by atoms with Gasteiger partial charge in [-0.25, -0.2) is 19.2 Å². The number of carbonyl (C=O) groups is 5. The molecule has 0 spiro atoms. The second kappa shape index (κ2) is 20.3. The van der Waals surface area contributed by atoms with Crippen LogP contribution in [0.4, 0.5) is 21.0 Å². The topological polar surface area (TPSA) is 201 Å². The largest absolute Gasteiger partial charge is 0.491 e. The summed E-state index contributed by atoms with van der Waals surface area (Å²) in [5.74, 6) is -2.12. The van der Waals surface area contributed by atoms with Gasteiger partial charge in [0, 0.05) is 43.1 Å². The van der Waals surface area contributed by atoms with Gasteiger partial charge in [-0.05, 0) is 148 Å². The summed E-state index contributed by atoms with van der Waals surface area (Å²) in [5, 5.41) is 23.9. The molecule has 0 saturated carbocycles. The predicted octanol–water partition coefficient (Wildman–Crippen LogP) is 8.62. The van der Waals surface area contributed by atoms with E-state index in [9.17, 15) is 29.1 Å². The average Bonchev–Trinajstić information content (AvgIpc) is 3.94. The molecule has 72 heavy (non-hydrogen) atoms. The number of carbonyl (C=O) groups excluding carboxylic acids is 4. The maximum absolute atomic E-state index is 15.8. The molecule has 3 aliphatic rings. The number of carboxylic acid groups (broad SMARTS) is 1. The number of imide groups is 1. The number of benzene rings is 4.